The number of unbranched alkanes of at least 4 members (excludes halogenated alkanes) is 5. The van der Waals surface area contributed by atoms with Crippen molar-refractivity contribution < 1.29 is 24.9 Å². The Hall–Kier alpha value is -2.04. The lowest BCUT2D eigenvalue weighted by atomic mass is 9.87. The smallest absolute Gasteiger partial charge is 0.309 e. The molecule has 1 saturated carbocycles. The first-order chi connectivity index (χ1) is 14.2. The first kappa shape index (κ1) is 24.2. The Labute approximate surface area is 180 Å². The van der Waals surface area contributed by atoms with Gasteiger partial charge in [-0.1, -0.05) is 44.2 Å². The second-order valence-electron chi connectivity index (χ2n) is 9.66. The normalized spacial score (nSPS) is 15.1. The average molecular weight is 419 g/mol. The van der Waals surface area contributed by atoms with E-state index in [9.17, 15) is 24.9 Å². The fourth-order valence-corrected chi connectivity index (χ4v) is 4.15. The van der Waals surface area contributed by atoms with E-state index in [1.54, 1.807) is 19.9 Å². The number of phenols is 1. The molecule has 1 aromatic rings. The van der Waals surface area contributed by atoms with Gasteiger partial charge in [-0.05, 0) is 82.4 Å². The Balaban J connectivity index is 1.70. The van der Waals surface area contributed by atoms with E-state index >= 15 is 0 Å². The third-order valence-corrected chi connectivity index (χ3v) is 6.71. The van der Waals surface area contributed by atoms with Crippen LogP contribution in [0.3, 0.4) is 0 Å². The maximum Gasteiger partial charge on any atom is 0.309 e. The molecule has 30 heavy (non-hydrogen) atoms. The second kappa shape index (κ2) is 10.8. The maximum atomic E-state index is 11.2. The maximum absolute atomic E-state index is 11.2. The molecule has 3 N–H and O–H groups in total. The van der Waals surface area contributed by atoms with E-state index in [0.29, 0.717) is 12.2 Å². The molecule has 1 fully saturated rings. The van der Waals surface area contributed by atoms with Gasteiger partial charge >= 0.3 is 11.9 Å². The molecule has 0 saturated heterocycles. The molecule has 5 heteroatoms. The van der Waals surface area contributed by atoms with E-state index in [-0.39, 0.29) is 0 Å². The van der Waals surface area contributed by atoms with Crippen LogP contribution >= 0.6 is 0 Å². The SMILES string of the molecule is CC(C)(CCCCCCc1cccc(O)c1CCCCCC1(C(=O)O)CC1)C(=O)O. The van der Waals surface area contributed by atoms with Crippen LogP contribution in [0.4, 0.5) is 0 Å². The van der Waals surface area contributed by atoms with Crippen LogP contribution in [0.15, 0.2) is 18.2 Å². The van der Waals surface area contributed by atoms with E-state index < -0.39 is 22.8 Å². The number of rotatable bonds is 15. The minimum Gasteiger partial charge on any atom is -0.508 e. The van der Waals surface area contributed by atoms with Crippen molar-refractivity contribution in [2.24, 2.45) is 10.8 Å². The number of carbonyl (C=O) groups is 2. The van der Waals surface area contributed by atoms with Crippen molar-refractivity contribution in [1.29, 1.82) is 0 Å². The van der Waals surface area contributed by atoms with Gasteiger partial charge in [0, 0.05) is 0 Å². The highest BCUT2D eigenvalue weighted by atomic mass is 16.4. The van der Waals surface area contributed by atoms with Gasteiger partial charge in [0.25, 0.3) is 0 Å². The van der Waals surface area contributed by atoms with Crippen molar-refractivity contribution in [2.45, 2.75) is 97.3 Å². The summed E-state index contributed by atoms with van der Waals surface area (Å²) in [6.45, 7) is 3.56. The zero-order valence-corrected chi connectivity index (χ0v) is 18.6. The number of aromatic hydroxyl groups is 1. The van der Waals surface area contributed by atoms with E-state index in [0.717, 1.165) is 82.6 Å². The van der Waals surface area contributed by atoms with E-state index in [2.05, 4.69) is 6.07 Å². The summed E-state index contributed by atoms with van der Waals surface area (Å²) in [6, 6.07) is 5.73. The highest BCUT2D eigenvalue weighted by molar-refractivity contribution is 5.77. The standard InChI is InChI=1S/C25H38O5/c1-24(2,22(27)28)15-8-4-3-6-11-19-12-10-14-21(26)20(19)13-7-5-9-16-25(17-18-25)23(29)30/h10,12,14,26H,3-9,11,13,15-18H2,1-2H3,(H,27,28)(H,29,30). The van der Waals surface area contributed by atoms with Crippen LogP contribution in [0.1, 0.15) is 95.6 Å². The zero-order valence-electron chi connectivity index (χ0n) is 18.6. The van der Waals surface area contributed by atoms with Crippen LogP contribution in [0.25, 0.3) is 0 Å². The predicted octanol–water partition coefficient (Wildman–Crippen LogP) is 5.96. The number of carboxylic acids is 2. The molecular weight excluding hydrogens is 380 g/mol. The molecule has 5 nitrogen and oxygen atoms in total. The van der Waals surface area contributed by atoms with Crippen LogP contribution in [0, 0.1) is 10.8 Å². The van der Waals surface area contributed by atoms with E-state index in [1.165, 1.54) is 5.56 Å². The van der Waals surface area contributed by atoms with Crippen LogP contribution in [-0.4, -0.2) is 27.3 Å². The van der Waals surface area contributed by atoms with Crippen LogP contribution < -0.4 is 0 Å². The molecule has 0 atom stereocenters. The summed E-state index contributed by atoms with van der Waals surface area (Å²) in [5, 5.41) is 28.7. The number of phenolic OH excluding ortho intramolecular Hbond substituents is 1. The molecule has 0 heterocycles. The lowest BCUT2D eigenvalue weighted by Gasteiger charge is -2.18. The minimum absolute atomic E-state index is 0.361. The number of carboxylic acid groups (broad SMARTS) is 2. The summed E-state index contributed by atoms with van der Waals surface area (Å²) in [6.07, 6.45) is 11.8. The van der Waals surface area contributed by atoms with Gasteiger partial charge in [-0.3, -0.25) is 9.59 Å². The highest BCUT2D eigenvalue weighted by Gasteiger charge is 2.49. The van der Waals surface area contributed by atoms with Crippen LogP contribution in [0.2, 0.25) is 0 Å². The van der Waals surface area contributed by atoms with Crippen molar-refractivity contribution in [3.05, 3.63) is 29.3 Å². The lowest BCUT2D eigenvalue weighted by molar-refractivity contribution is -0.147. The summed E-state index contributed by atoms with van der Waals surface area (Å²) < 4.78 is 0. The average Bonchev–Trinajstić information content (AvgIpc) is 3.47. The number of hydrogen-bond acceptors (Lipinski definition) is 3. The molecule has 0 bridgehead atoms. The predicted molar refractivity (Wildman–Crippen MR) is 118 cm³/mol. The quantitative estimate of drug-likeness (QED) is 0.305. The molecule has 0 spiro atoms. The second-order valence-corrected chi connectivity index (χ2v) is 9.66. The van der Waals surface area contributed by atoms with Gasteiger partial charge in [0.2, 0.25) is 0 Å². The fourth-order valence-electron chi connectivity index (χ4n) is 4.15. The lowest BCUT2D eigenvalue weighted by Crippen LogP contribution is -2.23. The number of hydrogen-bond donors (Lipinski definition) is 3. The Morgan fingerprint density at radius 2 is 1.57 bits per heavy atom. The van der Waals surface area contributed by atoms with Crippen LogP contribution in [0.5, 0.6) is 5.75 Å². The highest BCUT2D eigenvalue weighted by Crippen LogP contribution is 2.50. The van der Waals surface area contributed by atoms with Gasteiger partial charge < -0.3 is 15.3 Å². The van der Waals surface area contributed by atoms with Crippen molar-refractivity contribution in [2.75, 3.05) is 0 Å². The molecule has 0 amide bonds. The Kier molecular flexibility index (Phi) is 8.75. The topological polar surface area (TPSA) is 94.8 Å². The van der Waals surface area contributed by atoms with E-state index in [4.69, 9.17) is 0 Å². The Morgan fingerprint density at radius 3 is 2.20 bits per heavy atom. The van der Waals surface area contributed by atoms with Gasteiger partial charge in [-0.25, -0.2) is 0 Å². The molecule has 0 unspecified atom stereocenters. The Bertz CT molecular complexity index is 718. The summed E-state index contributed by atoms with van der Waals surface area (Å²) in [4.78, 5) is 22.4. The largest absolute Gasteiger partial charge is 0.508 e. The molecular formula is C25H38O5. The van der Waals surface area contributed by atoms with Gasteiger partial charge in [-0.15, -0.1) is 0 Å². The van der Waals surface area contributed by atoms with Gasteiger partial charge in [0.1, 0.15) is 5.75 Å². The third kappa shape index (κ3) is 7.03. The van der Waals surface area contributed by atoms with Gasteiger partial charge in [0.15, 0.2) is 0 Å². The zero-order chi connectivity index (χ0) is 22.2. The number of aliphatic carboxylic acids is 2. The van der Waals surface area contributed by atoms with Crippen molar-refractivity contribution in [1.82, 2.24) is 0 Å². The van der Waals surface area contributed by atoms with Gasteiger partial charge in [0.05, 0.1) is 10.8 Å². The Morgan fingerprint density at radius 1 is 0.933 bits per heavy atom. The first-order valence-electron chi connectivity index (χ1n) is 11.4. The minimum atomic E-state index is -0.734. The third-order valence-electron chi connectivity index (χ3n) is 6.71. The molecule has 2 rings (SSSR count). The summed E-state index contributed by atoms with van der Waals surface area (Å²) in [5.41, 5.74) is 1.15. The summed E-state index contributed by atoms with van der Waals surface area (Å²) in [7, 11) is 0. The monoisotopic (exact) mass is 418 g/mol. The molecule has 1 aliphatic rings. The molecule has 0 aromatic heterocycles. The van der Waals surface area contributed by atoms with Crippen molar-refractivity contribution >= 4 is 11.9 Å². The molecule has 0 aliphatic heterocycles. The molecule has 1 aromatic carbocycles. The first-order valence-corrected chi connectivity index (χ1v) is 11.4. The molecule has 1 aliphatic carbocycles. The molecule has 168 valence electrons. The summed E-state index contributed by atoms with van der Waals surface area (Å²) in [5.74, 6) is -1.01. The van der Waals surface area contributed by atoms with Crippen molar-refractivity contribution in [3.8, 4) is 5.75 Å². The van der Waals surface area contributed by atoms with Crippen molar-refractivity contribution in [3.63, 3.8) is 0 Å². The molecule has 0 radical (unpaired) electrons. The van der Waals surface area contributed by atoms with Crippen LogP contribution in [-0.2, 0) is 22.4 Å². The van der Waals surface area contributed by atoms with E-state index in [1.807, 2.05) is 6.07 Å². The number of benzene rings is 1. The van der Waals surface area contributed by atoms with Gasteiger partial charge in [-0.2, -0.15) is 0 Å². The summed E-state index contributed by atoms with van der Waals surface area (Å²) >= 11 is 0. The number of aryl methyl sites for hydroxylation is 1. The fraction of sp³-hybridized carbons (Fsp3) is 0.680.